The Balaban J connectivity index is 2.37. The number of rotatable bonds is 4. The van der Waals surface area contributed by atoms with Gasteiger partial charge in [0.15, 0.2) is 0 Å². The third-order valence-electron chi connectivity index (χ3n) is 2.60. The van der Waals surface area contributed by atoms with Gasteiger partial charge in [0.05, 0.1) is 4.91 Å². The number of hydrogen-bond donors (Lipinski definition) is 0. The van der Waals surface area contributed by atoms with Crippen LogP contribution >= 0.6 is 39.9 Å². The Labute approximate surface area is 135 Å². The summed E-state index contributed by atoms with van der Waals surface area (Å²) in [4.78, 5) is 14.1. The van der Waals surface area contributed by atoms with Crippen LogP contribution in [-0.2, 0) is 4.79 Å². The molecule has 0 atom stereocenters. The predicted molar refractivity (Wildman–Crippen MR) is 90.8 cm³/mol. The lowest BCUT2D eigenvalue weighted by Gasteiger charge is -2.08. The Bertz CT molecular complexity index is 613. The van der Waals surface area contributed by atoms with Gasteiger partial charge in [-0.15, -0.1) is 0 Å². The summed E-state index contributed by atoms with van der Waals surface area (Å²) >= 11 is 9.83. The minimum Gasteiger partial charge on any atom is -0.489 e. The molecule has 1 aliphatic rings. The van der Waals surface area contributed by atoms with Gasteiger partial charge in [0.1, 0.15) is 16.7 Å². The molecule has 1 saturated heterocycles. The lowest BCUT2D eigenvalue weighted by molar-refractivity contribution is -0.121. The van der Waals surface area contributed by atoms with Crippen molar-refractivity contribution in [1.82, 2.24) is 4.90 Å². The molecule has 0 saturated carbocycles. The van der Waals surface area contributed by atoms with Crippen molar-refractivity contribution in [2.45, 2.75) is 0 Å². The van der Waals surface area contributed by atoms with Gasteiger partial charge in [-0.1, -0.05) is 52.6 Å². The zero-order chi connectivity index (χ0) is 14.7. The average molecular weight is 370 g/mol. The Morgan fingerprint density at radius 1 is 1.55 bits per heavy atom. The van der Waals surface area contributed by atoms with Gasteiger partial charge in [-0.25, -0.2) is 0 Å². The number of halogens is 1. The molecule has 0 bridgehead atoms. The first-order valence-corrected chi connectivity index (χ1v) is 7.79. The SMILES string of the molecule is C=CCOc1ccc(Br)cc1/C=C1\SC(=S)N(C)C1=O. The van der Waals surface area contributed by atoms with Crippen LogP contribution in [0.15, 0.2) is 40.2 Å². The molecular weight excluding hydrogens is 358 g/mol. The molecule has 1 heterocycles. The van der Waals surface area contributed by atoms with Crippen LogP contribution in [0.3, 0.4) is 0 Å². The molecule has 1 aliphatic heterocycles. The number of thiocarbonyl (C=S) groups is 1. The van der Waals surface area contributed by atoms with Crippen LogP contribution in [0.5, 0.6) is 5.75 Å². The van der Waals surface area contributed by atoms with Gasteiger partial charge in [0, 0.05) is 17.1 Å². The van der Waals surface area contributed by atoms with E-state index in [2.05, 4.69) is 22.5 Å². The largest absolute Gasteiger partial charge is 0.489 e. The topological polar surface area (TPSA) is 29.5 Å². The maximum absolute atomic E-state index is 12.0. The number of amides is 1. The summed E-state index contributed by atoms with van der Waals surface area (Å²) in [5.41, 5.74) is 0.829. The molecule has 0 aromatic heterocycles. The molecule has 1 amide bonds. The summed E-state index contributed by atoms with van der Waals surface area (Å²) in [6.07, 6.45) is 3.48. The van der Waals surface area contributed by atoms with Crippen molar-refractivity contribution in [2.75, 3.05) is 13.7 Å². The van der Waals surface area contributed by atoms with Gasteiger partial charge >= 0.3 is 0 Å². The van der Waals surface area contributed by atoms with Gasteiger partial charge in [-0.05, 0) is 24.3 Å². The summed E-state index contributed by atoms with van der Waals surface area (Å²) in [5, 5.41) is 0. The van der Waals surface area contributed by atoms with E-state index in [0.29, 0.717) is 21.6 Å². The highest BCUT2D eigenvalue weighted by Crippen LogP contribution is 2.34. The number of likely N-dealkylation sites (N-methyl/N-ethyl adjacent to an activating group) is 1. The minimum absolute atomic E-state index is 0.0883. The first kappa shape index (κ1) is 15.3. The second-order valence-corrected chi connectivity index (χ2v) is 6.61. The van der Waals surface area contributed by atoms with Crippen molar-refractivity contribution < 1.29 is 9.53 Å². The molecule has 0 aliphatic carbocycles. The minimum atomic E-state index is -0.0883. The highest BCUT2D eigenvalue weighted by Gasteiger charge is 2.28. The van der Waals surface area contributed by atoms with E-state index in [-0.39, 0.29) is 5.91 Å². The lowest BCUT2D eigenvalue weighted by atomic mass is 10.2. The molecule has 20 heavy (non-hydrogen) atoms. The number of ether oxygens (including phenoxy) is 1. The highest BCUT2D eigenvalue weighted by molar-refractivity contribution is 9.10. The monoisotopic (exact) mass is 369 g/mol. The van der Waals surface area contributed by atoms with Crippen LogP contribution in [0, 0.1) is 0 Å². The fraction of sp³-hybridized carbons (Fsp3) is 0.143. The third kappa shape index (κ3) is 3.31. The normalized spacial score (nSPS) is 16.9. The van der Waals surface area contributed by atoms with Crippen LogP contribution < -0.4 is 4.74 Å². The zero-order valence-electron chi connectivity index (χ0n) is 10.8. The van der Waals surface area contributed by atoms with E-state index < -0.39 is 0 Å². The molecule has 0 unspecified atom stereocenters. The Hall–Kier alpha value is -1.11. The van der Waals surface area contributed by atoms with E-state index in [1.165, 1.54) is 16.7 Å². The summed E-state index contributed by atoms with van der Waals surface area (Å²) < 4.78 is 7.07. The zero-order valence-corrected chi connectivity index (χ0v) is 14.0. The van der Waals surface area contributed by atoms with Gasteiger partial charge in [0.25, 0.3) is 5.91 Å². The lowest BCUT2D eigenvalue weighted by Crippen LogP contribution is -2.22. The number of hydrogen-bond acceptors (Lipinski definition) is 4. The predicted octanol–water partition coefficient (Wildman–Crippen LogP) is 3.84. The number of nitrogens with zero attached hydrogens (tertiary/aromatic N) is 1. The van der Waals surface area contributed by atoms with Gasteiger partial charge in [-0.2, -0.15) is 0 Å². The van der Waals surface area contributed by atoms with Crippen molar-refractivity contribution in [3.05, 3.63) is 45.8 Å². The second kappa shape index (κ2) is 6.56. The molecule has 1 aromatic rings. The third-order valence-corrected chi connectivity index (χ3v) is 4.58. The van der Waals surface area contributed by atoms with E-state index in [0.717, 1.165) is 10.0 Å². The molecule has 104 valence electrons. The molecule has 1 aromatic carbocycles. The molecule has 1 fully saturated rings. The Morgan fingerprint density at radius 3 is 2.90 bits per heavy atom. The Kier molecular flexibility index (Phi) is 5.01. The fourth-order valence-corrected chi connectivity index (χ4v) is 3.15. The molecular formula is C14H12BrNO2S2. The van der Waals surface area contributed by atoms with Crippen molar-refractivity contribution in [2.24, 2.45) is 0 Å². The van der Waals surface area contributed by atoms with E-state index in [1.807, 2.05) is 18.2 Å². The number of thioether (sulfide) groups is 1. The summed E-state index contributed by atoms with van der Waals surface area (Å²) in [5.74, 6) is 0.615. The first-order chi connectivity index (χ1) is 9.52. The summed E-state index contributed by atoms with van der Waals surface area (Å²) in [6.45, 7) is 4.04. The molecule has 3 nitrogen and oxygen atoms in total. The van der Waals surface area contributed by atoms with Gasteiger partial charge in [0.2, 0.25) is 0 Å². The summed E-state index contributed by atoms with van der Waals surface area (Å²) in [6, 6.07) is 5.65. The Morgan fingerprint density at radius 2 is 2.30 bits per heavy atom. The molecule has 0 spiro atoms. The van der Waals surface area contributed by atoms with E-state index in [9.17, 15) is 4.79 Å². The second-order valence-electron chi connectivity index (χ2n) is 4.02. The van der Waals surface area contributed by atoms with Crippen molar-refractivity contribution in [1.29, 1.82) is 0 Å². The maximum Gasteiger partial charge on any atom is 0.265 e. The molecule has 0 radical (unpaired) electrons. The van der Waals surface area contributed by atoms with E-state index >= 15 is 0 Å². The van der Waals surface area contributed by atoms with Crippen LogP contribution in [0.25, 0.3) is 6.08 Å². The fourth-order valence-electron chi connectivity index (χ4n) is 1.60. The van der Waals surface area contributed by atoms with Crippen LogP contribution in [0.4, 0.5) is 0 Å². The summed E-state index contributed by atoms with van der Waals surface area (Å²) in [7, 11) is 1.68. The van der Waals surface area contributed by atoms with E-state index in [1.54, 1.807) is 19.2 Å². The quantitative estimate of drug-likeness (QED) is 0.458. The van der Waals surface area contributed by atoms with Crippen LogP contribution in [0.2, 0.25) is 0 Å². The highest BCUT2D eigenvalue weighted by atomic mass is 79.9. The average Bonchev–Trinajstić information content (AvgIpc) is 2.66. The van der Waals surface area contributed by atoms with Crippen LogP contribution in [-0.4, -0.2) is 28.8 Å². The number of benzene rings is 1. The van der Waals surface area contributed by atoms with E-state index in [4.69, 9.17) is 17.0 Å². The smallest absolute Gasteiger partial charge is 0.265 e. The first-order valence-electron chi connectivity index (χ1n) is 5.77. The standard InChI is InChI=1S/C14H12BrNO2S2/c1-3-6-18-11-5-4-10(15)7-9(11)8-12-13(17)16(2)14(19)20-12/h3-5,7-8H,1,6H2,2H3/b12-8-. The van der Waals surface area contributed by atoms with Crippen molar-refractivity contribution >= 4 is 56.2 Å². The molecule has 2 rings (SSSR count). The molecule has 6 heteroatoms. The molecule has 0 N–H and O–H groups in total. The van der Waals surface area contributed by atoms with Gasteiger partial charge < -0.3 is 4.74 Å². The number of carbonyl (C=O) groups excluding carboxylic acids is 1. The van der Waals surface area contributed by atoms with Crippen molar-refractivity contribution in [3.63, 3.8) is 0 Å². The van der Waals surface area contributed by atoms with Crippen molar-refractivity contribution in [3.8, 4) is 5.75 Å². The number of carbonyl (C=O) groups is 1. The van der Waals surface area contributed by atoms with Gasteiger partial charge in [-0.3, -0.25) is 9.69 Å². The maximum atomic E-state index is 12.0. The van der Waals surface area contributed by atoms with Crippen LogP contribution in [0.1, 0.15) is 5.56 Å².